The fraction of sp³-hybridized carbons (Fsp3) is 0.263. The lowest BCUT2D eigenvalue weighted by Gasteiger charge is -2.34. The van der Waals surface area contributed by atoms with Crippen molar-refractivity contribution in [1.82, 2.24) is 9.80 Å². The number of hydrogen-bond acceptors (Lipinski definition) is 3. The summed E-state index contributed by atoms with van der Waals surface area (Å²) in [6.07, 6.45) is 0. The minimum Gasteiger partial charge on any atom is -0.497 e. The molecule has 1 heterocycles. The summed E-state index contributed by atoms with van der Waals surface area (Å²) in [5.74, 6) is -0.170. The van der Waals surface area contributed by atoms with Crippen molar-refractivity contribution in [2.45, 2.75) is 0 Å². The number of benzene rings is 2. The van der Waals surface area contributed by atoms with Crippen LogP contribution in [0.1, 0.15) is 10.4 Å². The second kappa shape index (κ2) is 8.26. The molecule has 27 heavy (non-hydrogen) atoms. The van der Waals surface area contributed by atoms with E-state index in [0.29, 0.717) is 37.5 Å². The van der Waals surface area contributed by atoms with Gasteiger partial charge in [-0.25, -0.2) is 9.18 Å². The van der Waals surface area contributed by atoms with Crippen molar-refractivity contribution < 1.29 is 18.7 Å². The van der Waals surface area contributed by atoms with Gasteiger partial charge in [0.05, 0.1) is 17.8 Å². The maximum atomic E-state index is 13.9. The largest absolute Gasteiger partial charge is 0.497 e. The van der Waals surface area contributed by atoms with Crippen LogP contribution in [-0.4, -0.2) is 55.0 Å². The molecule has 0 unspecified atom stereocenters. The first kappa shape index (κ1) is 19.0. The Labute approximate surface area is 161 Å². The predicted molar refractivity (Wildman–Crippen MR) is 101 cm³/mol. The first-order valence-electron chi connectivity index (χ1n) is 8.43. The van der Waals surface area contributed by atoms with Crippen LogP contribution in [0.15, 0.2) is 42.5 Å². The molecule has 142 valence electrons. The topological polar surface area (TPSA) is 61.9 Å². The monoisotopic (exact) mass is 391 g/mol. The molecule has 3 rings (SSSR count). The van der Waals surface area contributed by atoms with Crippen LogP contribution in [-0.2, 0) is 0 Å². The highest BCUT2D eigenvalue weighted by molar-refractivity contribution is 6.31. The van der Waals surface area contributed by atoms with E-state index >= 15 is 0 Å². The van der Waals surface area contributed by atoms with Crippen LogP contribution in [0.25, 0.3) is 0 Å². The van der Waals surface area contributed by atoms with Crippen molar-refractivity contribution in [1.29, 1.82) is 0 Å². The lowest BCUT2D eigenvalue weighted by molar-refractivity contribution is 0.0671. The summed E-state index contributed by atoms with van der Waals surface area (Å²) < 4.78 is 19.1. The van der Waals surface area contributed by atoms with Crippen LogP contribution in [0.5, 0.6) is 5.75 Å². The number of ether oxygens (including phenoxy) is 1. The highest BCUT2D eigenvalue weighted by Gasteiger charge is 2.25. The Morgan fingerprint density at radius 3 is 2.44 bits per heavy atom. The van der Waals surface area contributed by atoms with Gasteiger partial charge in [-0.1, -0.05) is 23.7 Å². The lowest BCUT2D eigenvalue weighted by Crippen LogP contribution is -2.51. The van der Waals surface area contributed by atoms with Gasteiger partial charge in [-0.05, 0) is 30.3 Å². The molecular weight excluding hydrogens is 373 g/mol. The summed E-state index contributed by atoms with van der Waals surface area (Å²) in [6, 6.07) is 10.9. The Balaban J connectivity index is 1.58. The third-order valence-electron chi connectivity index (χ3n) is 4.36. The smallest absolute Gasteiger partial charge is 0.322 e. The standard InChI is InChI=1S/C19H19ClFN3O3/c1-27-14-5-2-4-13(12-14)18(25)23-8-10-24(11-9-23)19(26)22-16-7-3-6-15(20)17(16)21/h2-7,12H,8-11H2,1H3,(H,22,26). The van der Waals surface area contributed by atoms with Crippen molar-refractivity contribution in [3.8, 4) is 5.75 Å². The lowest BCUT2D eigenvalue weighted by atomic mass is 10.1. The first-order chi connectivity index (χ1) is 13.0. The van der Waals surface area contributed by atoms with Crippen molar-refractivity contribution in [2.75, 3.05) is 38.6 Å². The number of hydrogen-bond donors (Lipinski definition) is 1. The van der Waals surface area contributed by atoms with Crippen LogP contribution in [0.4, 0.5) is 14.9 Å². The van der Waals surface area contributed by atoms with E-state index in [9.17, 15) is 14.0 Å². The molecule has 0 radical (unpaired) electrons. The molecule has 2 aromatic carbocycles. The Morgan fingerprint density at radius 2 is 1.74 bits per heavy atom. The van der Waals surface area contributed by atoms with E-state index in [-0.39, 0.29) is 16.6 Å². The normalized spacial score (nSPS) is 14.0. The number of rotatable bonds is 3. The number of halogens is 2. The number of carbonyl (C=O) groups is 2. The summed E-state index contributed by atoms with van der Waals surface area (Å²) in [6.45, 7) is 1.48. The molecule has 1 aliphatic rings. The zero-order valence-electron chi connectivity index (χ0n) is 14.7. The highest BCUT2D eigenvalue weighted by Crippen LogP contribution is 2.22. The molecule has 0 aliphatic carbocycles. The second-order valence-corrected chi connectivity index (χ2v) is 6.45. The van der Waals surface area contributed by atoms with Gasteiger partial charge in [-0.3, -0.25) is 4.79 Å². The van der Waals surface area contributed by atoms with Crippen LogP contribution in [0.2, 0.25) is 5.02 Å². The molecule has 0 spiro atoms. The average molecular weight is 392 g/mol. The van der Waals surface area contributed by atoms with Gasteiger partial charge >= 0.3 is 6.03 Å². The summed E-state index contributed by atoms with van der Waals surface area (Å²) in [5.41, 5.74) is 0.565. The minimum absolute atomic E-state index is 0.0300. The number of carbonyl (C=O) groups excluding carboxylic acids is 2. The maximum Gasteiger partial charge on any atom is 0.322 e. The van der Waals surface area contributed by atoms with Gasteiger partial charge in [0.25, 0.3) is 5.91 Å². The van der Waals surface area contributed by atoms with E-state index in [4.69, 9.17) is 16.3 Å². The number of nitrogens with zero attached hydrogens (tertiary/aromatic N) is 2. The summed E-state index contributed by atoms with van der Waals surface area (Å²) in [4.78, 5) is 28.2. The van der Waals surface area contributed by atoms with E-state index < -0.39 is 11.8 Å². The first-order valence-corrected chi connectivity index (χ1v) is 8.80. The number of amides is 3. The average Bonchev–Trinajstić information content (AvgIpc) is 2.71. The Morgan fingerprint density at radius 1 is 1.07 bits per heavy atom. The number of anilines is 1. The summed E-state index contributed by atoms with van der Waals surface area (Å²) in [7, 11) is 1.55. The van der Waals surface area contributed by atoms with Crippen LogP contribution < -0.4 is 10.1 Å². The predicted octanol–water partition coefficient (Wildman–Crippen LogP) is 3.48. The third-order valence-corrected chi connectivity index (χ3v) is 4.66. The fourth-order valence-electron chi connectivity index (χ4n) is 2.85. The van der Waals surface area contributed by atoms with E-state index in [1.165, 1.54) is 17.0 Å². The van der Waals surface area contributed by atoms with Crippen molar-refractivity contribution in [3.63, 3.8) is 0 Å². The molecule has 1 saturated heterocycles. The quantitative estimate of drug-likeness (QED) is 0.871. The number of urea groups is 1. The summed E-state index contributed by atoms with van der Waals surface area (Å²) in [5, 5.41) is 2.46. The number of methoxy groups -OCH3 is 1. The molecule has 6 nitrogen and oxygen atoms in total. The van der Waals surface area contributed by atoms with E-state index in [1.807, 2.05) is 0 Å². The highest BCUT2D eigenvalue weighted by atomic mass is 35.5. The Kier molecular flexibility index (Phi) is 5.81. The van der Waals surface area contributed by atoms with E-state index in [1.54, 1.807) is 42.3 Å². The fourth-order valence-corrected chi connectivity index (χ4v) is 3.02. The molecule has 0 atom stereocenters. The van der Waals surface area contributed by atoms with Crippen molar-refractivity contribution in [2.24, 2.45) is 0 Å². The molecule has 0 saturated carbocycles. The molecule has 3 amide bonds. The van der Waals surface area contributed by atoms with Gasteiger partial charge in [0, 0.05) is 31.7 Å². The molecule has 8 heteroatoms. The van der Waals surface area contributed by atoms with Gasteiger partial charge < -0.3 is 19.9 Å². The molecule has 1 fully saturated rings. The molecule has 0 bridgehead atoms. The van der Waals surface area contributed by atoms with Gasteiger partial charge in [0.1, 0.15) is 5.75 Å². The van der Waals surface area contributed by atoms with Crippen LogP contribution in [0.3, 0.4) is 0 Å². The Hall–Kier alpha value is -2.80. The molecule has 0 aromatic heterocycles. The van der Waals surface area contributed by atoms with E-state index in [2.05, 4.69) is 5.32 Å². The maximum absolute atomic E-state index is 13.9. The summed E-state index contributed by atoms with van der Waals surface area (Å²) >= 11 is 5.72. The van der Waals surface area contributed by atoms with Crippen molar-refractivity contribution in [3.05, 3.63) is 58.9 Å². The Bertz CT molecular complexity index is 854. The number of piperazine rings is 1. The molecule has 1 aliphatic heterocycles. The SMILES string of the molecule is COc1cccc(C(=O)N2CCN(C(=O)Nc3cccc(Cl)c3F)CC2)c1. The minimum atomic E-state index is -0.667. The van der Waals surface area contributed by atoms with Gasteiger partial charge in [-0.2, -0.15) is 0 Å². The van der Waals surface area contributed by atoms with Crippen LogP contribution in [0, 0.1) is 5.82 Å². The van der Waals surface area contributed by atoms with Crippen LogP contribution >= 0.6 is 11.6 Å². The number of nitrogens with one attached hydrogen (secondary N) is 1. The molecule has 2 aromatic rings. The zero-order chi connectivity index (χ0) is 19.4. The third kappa shape index (κ3) is 4.31. The molecule has 1 N–H and O–H groups in total. The molecular formula is C19H19ClFN3O3. The second-order valence-electron chi connectivity index (χ2n) is 6.04. The zero-order valence-corrected chi connectivity index (χ0v) is 15.5. The van der Waals surface area contributed by atoms with Crippen molar-refractivity contribution >= 4 is 29.2 Å². The van der Waals surface area contributed by atoms with Gasteiger partial charge in [0.15, 0.2) is 5.82 Å². The van der Waals surface area contributed by atoms with Gasteiger partial charge in [-0.15, -0.1) is 0 Å². The van der Waals surface area contributed by atoms with Gasteiger partial charge in [0.2, 0.25) is 0 Å². The van der Waals surface area contributed by atoms with E-state index in [0.717, 1.165) is 0 Å².